The van der Waals surface area contributed by atoms with Crippen LogP contribution in [0, 0.1) is 0 Å². The average molecular weight is 541 g/mol. The van der Waals surface area contributed by atoms with E-state index in [0.29, 0.717) is 24.2 Å². The molecule has 0 saturated carbocycles. The van der Waals surface area contributed by atoms with E-state index in [4.69, 9.17) is 23.7 Å². The second-order valence-electron chi connectivity index (χ2n) is 8.94. The van der Waals surface area contributed by atoms with Gasteiger partial charge in [-0.05, 0) is 48.2 Å². The molecule has 2 aromatic carbocycles. The van der Waals surface area contributed by atoms with Gasteiger partial charge in [0.05, 0.1) is 27.4 Å². The Morgan fingerprint density at radius 1 is 0.895 bits per heavy atom. The zero-order valence-corrected chi connectivity index (χ0v) is 21.2. The maximum atomic E-state index is 11.0. The number of rotatable bonds is 13. The third-order valence-electron chi connectivity index (χ3n) is 6.30. The highest BCUT2D eigenvalue weighted by molar-refractivity contribution is 5.43. The molecule has 1 aliphatic rings. The van der Waals surface area contributed by atoms with Crippen LogP contribution in [-0.2, 0) is 20.6 Å². The van der Waals surface area contributed by atoms with Gasteiger partial charge in [-0.3, -0.25) is 0 Å². The number of benzene rings is 2. The minimum Gasteiger partial charge on any atom is -0.504 e. The molecule has 0 spiro atoms. The molecular formula is C26H36O12. The summed E-state index contributed by atoms with van der Waals surface area (Å²) in [4.78, 5) is 0. The van der Waals surface area contributed by atoms with Crippen LogP contribution in [0.5, 0.6) is 23.0 Å². The average Bonchev–Trinajstić information content (AvgIpc) is 2.92. The quantitative estimate of drug-likeness (QED) is 0.169. The van der Waals surface area contributed by atoms with E-state index in [1.165, 1.54) is 32.4 Å². The minimum absolute atomic E-state index is 0.0481. The monoisotopic (exact) mass is 540 g/mol. The predicted octanol–water partition coefficient (Wildman–Crippen LogP) is -0.0171. The van der Waals surface area contributed by atoms with Crippen molar-refractivity contribution in [2.45, 2.75) is 55.8 Å². The summed E-state index contributed by atoms with van der Waals surface area (Å²) in [6.07, 6.45) is -8.83. The Bertz CT molecular complexity index is 1020. The van der Waals surface area contributed by atoms with E-state index in [-0.39, 0.29) is 30.5 Å². The maximum absolute atomic E-state index is 11.0. The largest absolute Gasteiger partial charge is 0.504 e. The van der Waals surface area contributed by atoms with Crippen molar-refractivity contribution in [3.8, 4) is 23.0 Å². The Morgan fingerprint density at radius 3 is 2.21 bits per heavy atom. The first-order valence-electron chi connectivity index (χ1n) is 12.1. The SMILES string of the molecule is COc1cc(CCCOCC(O)C(O[C@@H]2O[C@H](CO)[C@@H](O)[C@H](O)[C@H]2O)c2ccc(O)c(OC)c2)ccc1O. The molecule has 1 heterocycles. The summed E-state index contributed by atoms with van der Waals surface area (Å²) < 4.78 is 27.2. The van der Waals surface area contributed by atoms with Gasteiger partial charge in [-0.15, -0.1) is 0 Å². The number of aliphatic hydroxyl groups excluding tert-OH is 5. The molecule has 1 saturated heterocycles. The molecule has 38 heavy (non-hydrogen) atoms. The van der Waals surface area contributed by atoms with Crippen molar-refractivity contribution in [2.24, 2.45) is 0 Å². The molecule has 0 aliphatic carbocycles. The summed E-state index contributed by atoms with van der Waals surface area (Å²) in [7, 11) is 2.82. The van der Waals surface area contributed by atoms with Gasteiger partial charge in [0.15, 0.2) is 29.3 Å². The summed E-state index contributed by atoms with van der Waals surface area (Å²) in [6, 6.07) is 9.31. The molecule has 2 aromatic rings. The van der Waals surface area contributed by atoms with Crippen molar-refractivity contribution in [3.63, 3.8) is 0 Å². The van der Waals surface area contributed by atoms with Gasteiger partial charge in [0, 0.05) is 6.61 Å². The summed E-state index contributed by atoms with van der Waals surface area (Å²) in [6.45, 7) is -0.531. The normalized spacial score (nSPS) is 25.1. The third-order valence-corrected chi connectivity index (χ3v) is 6.30. The molecular weight excluding hydrogens is 504 g/mol. The second kappa shape index (κ2) is 13.9. The van der Waals surface area contributed by atoms with E-state index < -0.39 is 49.5 Å². The molecule has 7 N–H and O–H groups in total. The van der Waals surface area contributed by atoms with Crippen molar-refractivity contribution < 1.29 is 59.4 Å². The molecule has 1 fully saturated rings. The van der Waals surface area contributed by atoms with Crippen LogP contribution in [0.4, 0.5) is 0 Å². The molecule has 0 amide bonds. The number of aryl methyl sites for hydroxylation is 1. The van der Waals surface area contributed by atoms with Gasteiger partial charge in [-0.1, -0.05) is 12.1 Å². The van der Waals surface area contributed by atoms with E-state index in [1.54, 1.807) is 18.2 Å². The molecule has 0 radical (unpaired) electrons. The van der Waals surface area contributed by atoms with Gasteiger partial charge in [-0.25, -0.2) is 0 Å². The molecule has 0 bridgehead atoms. The van der Waals surface area contributed by atoms with Crippen LogP contribution in [0.1, 0.15) is 23.7 Å². The summed E-state index contributed by atoms with van der Waals surface area (Å²) in [5, 5.41) is 70.7. The molecule has 212 valence electrons. The number of hydrogen-bond acceptors (Lipinski definition) is 12. The fraction of sp³-hybridized carbons (Fsp3) is 0.538. The number of phenolic OH excluding ortho intramolecular Hbond substituents is 2. The van der Waals surface area contributed by atoms with E-state index in [1.807, 2.05) is 0 Å². The lowest BCUT2D eigenvalue weighted by Gasteiger charge is -2.41. The number of aromatic hydroxyl groups is 2. The van der Waals surface area contributed by atoms with Crippen LogP contribution < -0.4 is 9.47 Å². The first-order chi connectivity index (χ1) is 18.2. The van der Waals surface area contributed by atoms with Crippen molar-refractivity contribution in [2.75, 3.05) is 34.0 Å². The van der Waals surface area contributed by atoms with Crippen LogP contribution in [0.2, 0.25) is 0 Å². The highest BCUT2D eigenvalue weighted by Crippen LogP contribution is 2.34. The zero-order chi connectivity index (χ0) is 27.8. The van der Waals surface area contributed by atoms with Gasteiger partial charge in [0.2, 0.25) is 0 Å². The topological polar surface area (TPSA) is 188 Å². The number of phenols is 2. The molecule has 1 aliphatic heterocycles. The Hall–Kier alpha value is -2.68. The first kappa shape index (κ1) is 29.9. The molecule has 7 atom stereocenters. The van der Waals surface area contributed by atoms with Gasteiger partial charge >= 0.3 is 0 Å². The molecule has 2 unspecified atom stereocenters. The number of ether oxygens (including phenoxy) is 5. The van der Waals surface area contributed by atoms with Gasteiger partial charge < -0.3 is 59.4 Å². The first-order valence-corrected chi connectivity index (χ1v) is 12.1. The highest BCUT2D eigenvalue weighted by atomic mass is 16.7. The number of methoxy groups -OCH3 is 2. The van der Waals surface area contributed by atoms with Crippen LogP contribution >= 0.6 is 0 Å². The second-order valence-corrected chi connectivity index (χ2v) is 8.94. The molecule has 3 rings (SSSR count). The Balaban J connectivity index is 1.67. The smallest absolute Gasteiger partial charge is 0.187 e. The molecule has 0 aromatic heterocycles. The van der Waals surface area contributed by atoms with E-state index in [2.05, 4.69) is 0 Å². The number of hydrogen-bond donors (Lipinski definition) is 7. The van der Waals surface area contributed by atoms with E-state index in [0.717, 1.165) is 5.56 Å². The lowest BCUT2D eigenvalue weighted by atomic mass is 9.98. The molecule has 12 heteroatoms. The minimum atomic E-state index is -1.68. The standard InChI is InChI=1S/C26H36O12/c1-34-19-10-14(5-7-16(19)28)4-3-9-36-13-18(30)25(15-6-8-17(29)20(11-15)35-2)38-26-24(33)23(32)22(31)21(12-27)37-26/h5-8,10-11,18,21-33H,3-4,9,12-13H2,1-2H3/t18?,21-,22-,23+,24-,25?,26+/m1/s1. The fourth-order valence-corrected chi connectivity index (χ4v) is 4.13. The molecule has 12 nitrogen and oxygen atoms in total. The summed E-state index contributed by atoms with van der Waals surface area (Å²) >= 11 is 0. The van der Waals surface area contributed by atoms with Crippen molar-refractivity contribution in [3.05, 3.63) is 47.5 Å². The van der Waals surface area contributed by atoms with Gasteiger partial charge in [0.25, 0.3) is 0 Å². The Kier molecular flexibility index (Phi) is 10.9. The predicted molar refractivity (Wildman–Crippen MR) is 132 cm³/mol. The van der Waals surface area contributed by atoms with Gasteiger partial charge in [-0.2, -0.15) is 0 Å². The summed E-state index contributed by atoms with van der Waals surface area (Å²) in [5.41, 5.74) is 1.28. The van der Waals surface area contributed by atoms with Gasteiger partial charge in [0.1, 0.15) is 36.6 Å². The number of aliphatic hydroxyl groups is 5. The van der Waals surface area contributed by atoms with Crippen LogP contribution in [0.25, 0.3) is 0 Å². The van der Waals surface area contributed by atoms with E-state index in [9.17, 15) is 35.7 Å². The maximum Gasteiger partial charge on any atom is 0.187 e. The lowest BCUT2D eigenvalue weighted by molar-refractivity contribution is -0.319. The van der Waals surface area contributed by atoms with E-state index >= 15 is 0 Å². The third kappa shape index (κ3) is 7.24. The summed E-state index contributed by atoms with van der Waals surface area (Å²) in [5.74, 6) is 0.394. The highest BCUT2D eigenvalue weighted by Gasteiger charge is 2.45. The Morgan fingerprint density at radius 2 is 1.55 bits per heavy atom. The van der Waals surface area contributed by atoms with Crippen molar-refractivity contribution >= 4 is 0 Å². The van der Waals surface area contributed by atoms with Crippen LogP contribution in [0.15, 0.2) is 36.4 Å². The van der Waals surface area contributed by atoms with Crippen molar-refractivity contribution in [1.82, 2.24) is 0 Å². The van der Waals surface area contributed by atoms with Crippen LogP contribution in [0.3, 0.4) is 0 Å². The fourth-order valence-electron chi connectivity index (χ4n) is 4.13. The van der Waals surface area contributed by atoms with Crippen LogP contribution in [-0.4, -0.2) is 107 Å². The lowest BCUT2D eigenvalue weighted by Crippen LogP contribution is -2.59. The zero-order valence-electron chi connectivity index (χ0n) is 21.2. The Labute approximate surface area is 220 Å². The van der Waals surface area contributed by atoms with Crippen molar-refractivity contribution in [1.29, 1.82) is 0 Å².